The van der Waals surface area contributed by atoms with Crippen LogP contribution in [0.2, 0.25) is 5.02 Å². The molecule has 0 fully saturated rings. The second-order valence-electron chi connectivity index (χ2n) is 3.95. The van der Waals surface area contributed by atoms with Gasteiger partial charge in [0.05, 0.1) is 19.2 Å². The van der Waals surface area contributed by atoms with Crippen LogP contribution in [0.25, 0.3) is 0 Å². The van der Waals surface area contributed by atoms with E-state index in [1.807, 2.05) is 12.3 Å². The summed E-state index contributed by atoms with van der Waals surface area (Å²) < 4.78 is 5.90. The van der Waals surface area contributed by atoms with E-state index in [0.717, 1.165) is 8.68 Å². The van der Waals surface area contributed by atoms with Crippen molar-refractivity contribution in [1.29, 1.82) is 0 Å². The minimum absolute atomic E-state index is 0.240. The van der Waals surface area contributed by atoms with Crippen LogP contribution in [0, 0.1) is 0 Å². The first-order chi connectivity index (χ1) is 10.0. The molecule has 1 aromatic carbocycles. The van der Waals surface area contributed by atoms with E-state index >= 15 is 0 Å². The largest absolute Gasteiger partial charge is 0.454 e. The zero-order valence-corrected chi connectivity index (χ0v) is 14.9. The van der Waals surface area contributed by atoms with E-state index in [0.29, 0.717) is 9.90 Å². The van der Waals surface area contributed by atoms with Crippen molar-refractivity contribution in [3.8, 4) is 0 Å². The summed E-state index contributed by atoms with van der Waals surface area (Å²) in [6.07, 6.45) is 1.90. The van der Waals surface area contributed by atoms with E-state index < -0.39 is 5.97 Å². The molecule has 0 N–H and O–H groups in total. The van der Waals surface area contributed by atoms with Crippen molar-refractivity contribution in [3.63, 3.8) is 0 Å². The van der Waals surface area contributed by atoms with E-state index in [2.05, 4.69) is 15.9 Å². The number of thioether (sulfide) groups is 1. The molecule has 2 rings (SSSR count). The molecule has 1 aromatic heterocycles. The van der Waals surface area contributed by atoms with Gasteiger partial charge in [0.1, 0.15) is 0 Å². The molecule has 3 nitrogen and oxygen atoms in total. The van der Waals surface area contributed by atoms with E-state index in [1.165, 1.54) is 23.1 Å². The molecule has 0 amide bonds. The Kier molecular flexibility index (Phi) is 5.87. The highest BCUT2D eigenvalue weighted by Crippen LogP contribution is 2.25. The molecular formula is C14H10BrClO3S2. The molecule has 2 aromatic rings. The molecular weight excluding hydrogens is 396 g/mol. The highest BCUT2D eigenvalue weighted by molar-refractivity contribution is 9.11. The molecule has 7 heteroatoms. The lowest BCUT2D eigenvalue weighted by molar-refractivity contribution is 0.0475. The van der Waals surface area contributed by atoms with Crippen LogP contribution in [0.1, 0.15) is 20.0 Å². The molecule has 0 radical (unpaired) electrons. The van der Waals surface area contributed by atoms with Gasteiger partial charge in [-0.1, -0.05) is 11.6 Å². The Labute approximate surface area is 143 Å². The summed E-state index contributed by atoms with van der Waals surface area (Å²) >= 11 is 12.1. The predicted octanol–water partition coefficient (Wildman–Crippen LogP) is 4.93. The van der Waals surface area contributed by atoms with Crippen LogP contribution in [0.5, 0.6) is 0 Å². The van der Waals surface area contributed by atoms with E-state index in [9.17, 15) is 9.59 Å². The van der Waals surface area contributed by atoms with Crippen molar-refractivity contribution in [1.82, 2.24) is 0 Å². The minimum atomic E-state index is -0.597. The highest BCUT2D eigenvalue weighted by Gasteiger charge is 2.16. The topological polar surface area (TPSA) is 43.4 Å². The van der Waals surface area contributed by atoms with Gasteiger partial charge >= 0.3 is 5.97 Å². The van der Waals surface area contributed by atoms with Crippen molar-refractivity contribution in [2.45, 2.75) is 4.90 Å². The number of thiophene rings is 1. The van der Waals surface area contributed by atoms with Crippen LogP contribution in [0.4, 0.5) is 0 Å². The Morgan fingerprint density at radius 3 is 2.71 bits per heavy atom. The van der Waals surface area contributed by atoms with Gasteiger partial charge < -0.3 is 4.74 Å². The summed E-state index contributed by atoms with van der Waals surface area (Å²) in [5.74, 6) is -0.837. The third-order valence-electron chi connectivity index (χ3n) is 2.58. The fraction of sp³-hybridized carbons (Fsp3) is 0.143. The summed E-state index contributed by atoms with van der Waals surface area (Å²) in [7, 11) is 0. The Morgan fingerprint density at radius 2 is 2.10 bits per heavy atom. The van der Waals surface area contributed by atoms with E-state index in [1.54, 1.807) is 24.3 Å². The second kappa shape index (κ2) is 7.45. The van der Waals surface area contributed by atoms with Gasteiger partial charge in [0.2, 0.25) is 5.78 Å². The molecule has 0 aliphatic heterocycles. The number of benzene rings is 1. The third-order valence-corrected chi connectivity index (χ3v) is 5.30. The number of hydrogen-bond acceptors (Lipinski definition) is 5. The normalized spacial score (nSPS) is 10.4. The molecule has 21 heavy (non-hydrogen) atoms. The van der Waals surface area contributed by atoms with Gasteiger partial charge in [-0.25, -0.2) is 4.79 Å². The SMILES string of the molecule is CSc1ccc(Cl)c(C(=O)OCC(=O)c2ccc(Br)s2)c1. The Hall–Kier alpha value is -0.820. The van der Waals surface area contributed by atoms with Crippen molar-refractivity contribution in [3.05, 3.63) is 49.6 Å². The molecule has 0 spiro atoms. The van der Waals surface area contributed by atoms with Gasteiger partial charge in [-0.2, -0.15) is 0 Å². The number of carbonyl (C=O) groups is 2. The van der Waals surface area contributed by atoms with Crippen LogP contribution in [0.3, 0.4) is 0 Å². The van der Waals surface area contributed by atoms with Gasteiger partial charge in [0.25, 0.3) is 0 Å². The zero-order valence-electron chi connectivity index (χ0n) is 10.9. The fourth-order valence-electron chi connectivity index (χ4n) is 1.53. The number of ether oxygens (including phenoxy) is 1. The van der Waals surface area contributed by atoms with Crippen LogP contribution < -0.4 is 0 Å². The van der Waals surface area contributed by atoms with Crippen molar-refractivity contribution in [2.24, 2.45) is 0 Å². The molecule has 0 unspecified atom stereocenters. The van der Waals surface area contributed by atoms with E-state index in [-0.39, 0.29) is 18.0 Å². The lowest BCUT2D eigenvalue weighted by Gasteiger charge is -2.06. The molecule has 1 heterocycles. The lowest BCUT2D eigenvalue weighted by atomic mass is 10.2. The molecule has 0 aliphatic carbocycles. The minimum Gasteiger partial charge on any atom is -0.454 e. The fourth-order valence-corrected chi connectivity index (χ4v) is 3.48. The van der Waals surface area contributed by atoms with Crippen molar-refractivity contribution in [2.75, 3.05) is 12.9 Å². The van der Waals surface area contributed by atoms with Crippen LogP contribution >= 0.6 is 50.6 Å². The van der Waals surface area contributed by atoms with Gasteiger partial charge in [0.15, 0.2) is 6.61 Å². The lowest BCUT2D eigenvalue weighted by Crippen LogP contribution is -2.13. The number of rotatable bonds is 5. The maximum atomic E-state index is 12.0. The summed E-state index contributed by atoms with van der Waals surface area (Å²) in [5, 5.41) is 0.309. The van der Waals surface area contributed by atoms with Gasteiger partial charge in [-0.05, 0) is 52.5 Å². The molecule has 0 atom stereocenters. The van der Waals surface area contributed by atoms with E-state index in [4.69, 9.17) is 16.3 Å². The van der Waals surface area contributed by atoms with Gasteiger partial charge in [0, 0.05) is 4.90 Å². The summed E-state index contributed by atoms with van der Waals surface area (Å²) in [4.78, 5) is 25.3. The third kappa shape index (κ3) is 4.32. The number of hydrogen-bond donors (Lipinski definition) is 0. The number of esters is 1. The van der Waals surface area contributed by atoms with Crippen LogP contribution in [-0.2, 0) is 4.74 Å². The van der Waals surface area contributed by atoms with Gasteiger partial charge in [-0.3, -0.25) is 4.79 Å². The summed E-state index contributed by atoms with van der Waals surface area (Å²) in [6.45, 7) is -0.300. The zero-order chi connectivity index (χ0) is 15.4. The molecule has 0 aliphatic rings. The highest BCUT2D eigenvalue weighted by atomic mass is 79.9. The second-order valence-corrected chi connectivity index (χ2v) is 7.70. The standard InChI is InChI=1S/C14H10BrClO3S2/c1-20-8-2-3-10(16)9(6-8)14(18)19-7-11(17)12-4-5-13(15)21-12/h2-6H,7H2,1H3. The summed E-state index contributed by atoms with van der Waals surface area (Å²) in [5.41, 5.74) is 0.267. The maximum absolute atomic E-state index is 12.0. The molecule has 110 valence electrons. The molecule has 0 bridgehead atoms. The Bertz CT molecular complexity index is 685. The number of carbonyl (C=O) groups excluding carboxylic acids is 2. The van der Waals surface area contributed by atoms with Crippen molar-refractivity contribution < 1.29 is 14.3 Å². The predicted molar refractivity (Wildman–Crippen MR) is 89.9 cm³/mol. The number of ketones is 1. The summed E-state index contributed by atoms with van der Waals surface area (Å²) in [6, 6.07) is 8.58. The molecule has 0 saturated carbocycles. The van der Waals surface area contributed by atoms with Crippen LogP contribution in [0.15, 0.2) is 39.0 Å². The Morgan fingerprint density at radius 1 is 1.33 bits per heavy atom. The Balaban J connectivity index is 2.03. The number of halogens is 2. The van der Waals surface area contributed by atoms with Crippen molar-refractivity contribution >= 4 is 62.4 Å². The average Bonchev–Trinajstić information content (AvgIpc) is 2.91. The van der Waals surface area contributed by atoms with Gasteiger partial charge in [-0.15, -0.1) is 23.1 Å². The first-order valence-corrected chi connectivity index (χ1v) is 9.01. The number of Topliss-reactive ketones (excluding diaryl/α,β-unsaturated/α-hetero) is 1. The molecule has 0 saturated heterocycles. The smallest absolute Gasteiger partial charge is 0.340 e. The monoisotopic (exact) mass is 404 g/mol. The van der Waals surface area contributed by atoms with Crippen LogP contribution in [-0.4, -0.2) is 24.6 Å². The average molecular weight is 406 g/mol. The first-order valence-electron chi connectivity index (χ1n) is 5.80. The first kappa shape index (κ1) is 16.5. The quantitative estimate of drug-likeness (QED) is 0.402. The maximum Gasteiger partial charge on any atom is 0.340 e.